The Morgan fingerprint density at radius 1 is 1.50 bits per heavy atom. The molecule has 1 aromatic rings. The number of rotatable bonds is 6. The van der Waals surface area contributed by atoms with Gasteiger partial charge in [0.05, 0.1) is 18.5 Å². The Morgan fingerprint density at radius 2 is 2.25 bits per heavy atom. The zero-order chi connectivity index (χ0) is 12.0. The standard InChI is InChI=1S/C12H21N3O/c1-9(2)8-16-5-4-14-12-6-10(3)11(13)7-15-12/h6-7,9H,4-5,8,13H2,1-3H3,(H,14,15). The largest absolute Gasteiger partial charge is 0.397 e. The van der Waals surface area contributed by atoms with Crippen LogP contribution in [0.4, 0.5) is 11.5 Å². The molecule has 0 aliphatic heterocycles. The molecule has 3 N–H and O–H groups in total. The van der Waals surface area contributed by atoms with Gasteiger partial charge in [0.15, 0.2) is 0 Å². The molecule has 0 saturated heterocycles. The second-order valence-corrected chi connectivity index (χ2v) is 4.32. The first kappa shape index (κ1) is 12.8. The van der Waals surface area contributed by atoms with Gasteiger partial charge in [0.1, 0.15) is 5.82 Å². The average Bonchev–Trinajstić information content (AvgIpc) is 2.22. The van der Waals surface area contributed by atoms with Crippen molar-refractivity contribution in [1.29, 1.82) is 0 Å². The molecule has 90 valence electrons. The van der Waals surface area contributed by atoms with E-state index < -0.39 is 0 Å². The third-order valence-corrected chi connectivity index (χ3v) is 2.15. The van der Waals surface area contributed by atoms with Gasteiger partial charge in [-0.1, -0.05) is 13.8 Å². The van der Waals surface area contributed by atoms with Gasteiger partial charge >= 0.3 is 0 Å². The van der Waals surface area contributed by atoms with Gasteiger partial charge in [-0.15, -0.1) is 0 Å². The Bertz CT molecular complexity index is 326. The summed E-state index contributed by atoms with van der Waals surface area (Å²) in [4.78, 5) is 4.18. The lowest BCUT2D eigenvalue weighted by Gasteiger charge is -2.09. The van der Waals surface area contributed by atoms with Crippen molar-refractivity contribution in [3.05, 3.63) is 17.8 Å². The van der Waals surface area contributed by atoms with Gasteiger partial charge in [-0.05, 0) is 24.5 Å². The van der Waals surface area contributed by atoms with Crippen molar-refractivity contribution in [3.63, 3.8) is 0 Å². The highest BCUT2D eigenvalue weighted by molar-refractivity contribution is 5.50. The summed E-state index contributed by atoms with van der Waals surface area (Å²) in [5.74, 6) is 1.43. The number of hydrogen-bond acceptors (Lipinski definition) is 4. The smallest absolute Gasteiger partial charge is 0.126 e. The van der Waals surface area contributed by atoms with Gasteiger partial charge in [0, 0.05) is 13.2 Å². The molecule has 0 aliphatic carbocycles. The predicted molar refractivity (Wildman–Crippen MR) is 67.5 cm³/mol. The Hall–Kier alpha value is -1.29. The van der Waals surface area contributed by atoms with Crippen molar-refractivity contribution >= 4 is 11.5 Å². The molecular weight excluding hydrogens is 202 g/mol. The minimum atomic E-state index is 0.580. The molecule has 0 spiro atoms. The fraction of sp³-hybridized carbons (Fsp3) is 0.583. The Kier molecular flexibility index (Phi) is 5.05. The summed E-state index contributed by atoms with van der Waals surface area (Å²) in [5, 5.41) is 3.19. The molecule has 0 fully saturated rings. The van der Waals surface area contributed by atoms with Gasteiger partial charge < -0.3 is 15.8 Å². The fourth-order valence-electron chi connectivity index (χ4n) is 1.23. The number of pyridine rings is 1. The topological polar surface area (TPSA) is 60.2 Å². The first-order valence-electron chi connectivity index (χ1n) is 5.63. The second-order valence-electron chi connectivity index (χ2n) is 4.32. The van der Waals surface area contributed by atoms with E-state index in [0.29, 0.717) is 12.5 Å². The fourth-order valence-corrected chi connectivity index (χ4v) is 1.23. The summed E-state index contributed by atoms with van der Waals surface area (Å²) in [5.41, 5.74) is 7.45. The maximum atomic E-state index is 5.68. The van der Waals surface area contributed by atoms with Gasteiger partial charge in [-0.3, -0.25) is 0 Å². The maximum absolute atomic E-state index is 5.68. The van der Waals surface area contributed by atoms with E-state index in [1.54, 1.807) is 6.20 Å². The van der Waals surface area contributed by atoms with Crippen molar-refractivity contribution in [2.75, 3.05) is 30.8 Å². The van der Waals surface area contributed by atoms with Crippen LogP contribution in [0.5, 0.6) is 0 Å². The van der Waals surface area contributed by atoms with E-state index in [0.717, 1.165) is 30.2 Å². The van der Waals surface area contributed by atoms with E-state index in [4.69, 9.17) is 10.5 Å². The van der Waals surface area contributed by atoms with E-state index in [1.807, 2.05) is 13.0 Å². The van der Waals surface area contributed by atoms with Crippen LogP contribution in [-0.2, 0) is 4.74 Å². The highest BCUT2D eigenvalue weighted by Crippen LogP contribution is 2.12. The number of hydrogen-bond donors (Lipinski definition) is 2. The monoisotopic (exact) mass is 223 g/mol. The molecule has 1 heterocycles. The average molecular weight is 223 g/mol. The van der Waals surface area contributed by atoms with E-state index >= 15 is 0 Å². The second kappa shape index (κ2) is 6.33. The van der Waals surface area contributed by atoms with Gasteiger partial charge in [-0.25, -0.2) is 4.98 Å². The van der Waals surface area contributed by atoms with Gasteiger partial charge in [0.25, 0.3) is 0 Å². The molecule has 1 aromatic heterocycles. The lowest BCUT2D eigenvalue weighted by molar-refractivity contribution is 0.118. The summed E-state index contributed by atoms with van der Waals surface area (Å²) >= 11 is 0. The molecular formula is C12H21N3O. The van der Waals surface area contributed by atoms with Crippen LogP contribution in [0.15, 0.2) is 12.3 Å². The number of nitrogens with zero attached hydrogens (tertiary/aromatic N) is 1. The number of aromatic nitrogens is 1. The minimum Gasteiger partial charge on any atom is -0.397 e. The molecule has 0 aliphatic rings. The first-order chi connectivity index (χ1) is 7.59. The molecule has 4 heteroatoms. The Balaban J connectivity index is 2.24. The normalized spacial score (nSPS) is 10.8. The molecule has 0 saturated carbocycles. The first-order valence-corrected chi connectivity index (χ1v) is 5.63. The van der Waals surface area contributed by atoms with Crippen molar-refractivity contribution in [2.45, 2.75) is 20.8 Å². The van der Waals surface area contributed by atoms with E-state index in [-0.39, 0.29) is 0 Å². The molecule has 0 radical (unpaired) electrons. The number of aryl methyl sites for hydroxylation is 1. The van der Waals surface area contributed by atoms with Gasteiger partial charge in [-0.2, -0.15) is 0 Å². The molecule has 0 amide bonds. The van der Waals surface area contributed by atoms with Crippen molar-refractivity contribution in [1.82, 2.24) is 4.98 Å². The van der Waals surface area contributed by atoms with E-state index in [2.05, 4.69) is 24.1 Å². The van der Waals surface area contributed by atoms with Crippen LogP contribution in [0, 0.1) is 12.8 Å². The third-order valence-electron chi connectivity index (χ3n) is 2.15. The lowest BCUT2D eigenvalue weighted by Crippen LogP contribution is -2.13. The molecule has 0 aromatic carbocycles. The molecule has 16 heavy (non-hydrogen) atoms. The number of nitrogens with one attached hydrogen (secondary N) is 1. The number of nitrogens with two attached hydrogens (primary N) is 1. The van der Waals surface area contributed by atoms with Gasteiger partial charge in [0.2, 0.25) is 0 Å². The molecule has 0 atom stereocenters. The summed E-state index contributed by atoms with van der Waals surface area (Å²) < 4.78 is 5.46. The summed E-state index contributed by atoms with van der Waals surface area (Å²) in [6.45, 7) is 8.51. The van der Waals surface area contributed by atoms with Crippen LogP contribution in [0.1, 0.15) is 19.4 Å². The molecule has 1 rings (SSSR count). The lowest BCUT2D eigenvalue weighted by atomic mass is 10.2. The maximum Gasteiger partial charge on any atom is 0.126 e. The van der Waals surface area contributed by atoms with E-state index in [9.17, 15) is 0 Å². The number of nitrogen functional groups attached to an aromatic ring is 1. The number of ether oxygens (including phenoxy) is 1. The van der Waals surface area contributed by atoms with Crippen LogP contribution in [0.25, 0.3) is 0 Å². The van der Waals surface area contributed by atoms with Crippen molar-refractivity contribution < 1.29 is 4.74 Å². The minimum absolute atomic E-state index is 0.580. The van der Waals surface area contributed by atoms with Crippen LogP contribution in [0.2, 0.25) is 0 Å². The highest BCUT2D eigenvalue weighted by Gasteiger charge is 1.98. The highest BCUT2D eigenvalue weighted by atomic mass is 16.5. The molecule has 4 nitrogen and oxygen atoms in total. The van der Waals surface area contributed by atoms with Crippen LogP contribution in [0.3, 0.4) is 0 Å². The Labute approximate surface area is 97.2 Å². The SMILES string of the molecule is Cc1cc(NCCOCC(C)C)ncc1N. The Morgan fingerprint density at radius 3 is 2.88 bits per heavy atom. The summed E-state index contributed by atoms with van der Waals surface area (Å²) in [6, 6.07) is 1.94. The molecule has 0 unspecified atom stereocenters. The number of anilines is 2. The zero-order valence-corrected chi connectivity index (χ0v) is 10.3. The quantitative estimate of drug-likeness (QED) is 0.725. The molecule has 0 bridgehead atoms. The summed E-state index contributed by atoms with van der Waals surface area (Å²) in [6.07, 6.45) is 1.67. The van der Waals surface area contributed by atoms with Crippen LogP contribution >= 0.6 is 0 Å². The zero-order valence-electron chi connectivity index (χ0n) is 10.3. The predicted octanol–water partition coefficient (Wildman–Crippen LogP) is 2.06. The third kappa shape index (κ3) is 4.49. The van der Waals surface area contributed by atoms with Crippen molar-refractivity contribution in [2.24, 2.45) is 5.92 Å². The summed E-state index contributed by atoms with van der Waals surface area (Å²) in [7, 11) is 0. The van der Waals surface area contributed by atoms with Crippen LogP contribution < -0.4 is 11.1 Å². The van der Waals surface area contributed by atoms with Crippen molar-refractivity contribution in [3.8, 4) is 0 Å². The van der Waals surface area contributed by atoms with Crippen LogP contribution in [-0.4, -0.2) is 24.7 Å². The van der Waals surface area contributed by atoms with E-state index in [1.165, 1.54) is 0 Å².